The second-order valence-corrected chi connectivity index (χ2v) is 3.68. The van der Waals surface area contributed by atoms with Gasteiger partial charge >= 0.3 is 11.9 Å². The number of hydrogen-bond acceptors (Lipinski definition) is 6. The Labute approximate surface area is 121 Å². The minimum atomic E-state index is -1.56. The van der Waals surface area contributed by atoms with E-state index in [9.17, 15) is 19.2 Å². The Kier molecular flexibility index (Phi) is 9.10. The lowest BCUT2D eigenvalue weighted by atomic mass is 10.3. The zero-order valence-electron chi connectivity index (χ0n) is 11.2. The second-order valence-electron chi connectivity index (χ2n) is 3.41. The van der Waals surface area contributed by atoms with Crippen molar-refractivity contribution in [1.29, 1.82) is 0 Å². The molecule has 0 fully saturated rings. The molecule has 0 unspecified atom stereocenters. The molecule has 0 aliphatic carbocycles. The van der Waals surface area contributed by atoms with E-state index in [0.717, 1.165) is 0 Å². The fourth-order valence-electron chi connectivity index (χ4n) is 1.10. The first kappa shape index (κ1) is 18.2. The van der Waals surface area contributed by atoms with Crippen LogP contribution in [0.2, 0.25) is 0 Å². The summed E-state index contributed by atoms with van der Waals surface area (Å²) >= 11 is 5.23. The molecule has 8 nitrogen and oxygen atoms in total. The summed E-state index contributed by atoms with van der Waals surface area (Å²) < 4.78 is 9.31. The van der Waals surface area contributed by atoms with Gasteiger partial charge in [-0.15, -0.1) is 11.6 Å². The van der Waals surface area contributed by atoms with Crippen molar-refractivity contribution >= 4 is 35.4 Å². The molecule has 0 aromatic rings. The highest BCUT2D eigenvalue weighted by molar-refractivity contribution is 6.27. The molecule has 0 saturated heterocycles. The number of ether oxygens (including phenoxy) is 2. The first-order chi connectivity index (χ1) is 9.46. The van der Waals surface area contributed by atoms with Crippen molar-refractivity contribution in [2.75, 3.05) is 25.6 Å². The van der Waals surface area contributed by atoms with Crippen LogP contribution in [0.5, 0.6) is 0 Å². The van der Waals surface area contributed by atoms with Crippen molar-refractivity contribution in [1.82, 2.24) is 10.6 Å². The number of nitrogens with one attached hydrogen (secondary N) is 2. The molecule has 0 aromatic heterocycles. The molecular formula is C11H17ClN2O6. The first-order valence-electron chi connectivity index (χ1n) is 5.91. The quantitative estimate of drug-likeness (QED) is 0.336. The maximum Gasteiger partial charge on any atom is 0.340 e. The molecule has 0 aliphatic rings. The SMILES string of the molecule is CCOC(=O)C(NC(=O)CNC(=O)CCl)C(=O)OCC. The minimum Gasteiger partial charge on any atom is -0.464 e. The van der Waals surface area contributed by atoms with Crippen molar-refractivity contribution < 1.29 is 28.7 Å². The molecule has 0 rings (SSSR count). The van der Waals surface area contributed by atoms with Gasteiger partial charge in [0.15, 0.2) is 0 Å². The Bertz CT molecular complexity index is 356. The zero-order valence-corrected chi connectivity index (χ0v) is 12.0. The van der Waals surface area contributed by atoms with Crippen LogP contribution in [0.25, 0.3) is 0 Å². The van der Waals surface area contributed by atoms with Gasteiger partial charge in [0.25, 0.3) is 0 Å². The number of carbonyl (C=O) groups excluding carboxylic acids is 4. The molecule has 2 amide bonds. The molecule has 0 bridgehead atoms. The zero-order chi connectivity index (χ0) is 15.5. The highest BCUT2D eigenvalue weighted by Gasteiger charge is 2.31. The van der Waals surface area contributed by atoms with Gasteiger partial charge in [-0.05, 0) is 13.8 Å². The fourth-order valence-corrected chi connectivity index (χ4v) is 1.20. The van der Waals surface area contributed by atoms with Crippen LogP contribution in [0.1, 0.15) is 13.8 Å². The average molecular weight is 309 g/mol. The third-order valence-corrected chi connectivity index (χ3v) is 2.16. The normalized spacial score (nSPS) is 9.80. The summed E-state index contributed by atoms with van der Waals surface area (Å²) in [5.74, 6) is -3.45. The molecule has 9 heteroatoms. The van der Waals surface area contributed by atoms with E-state index in [2.05, 4.69) is 20.1 Å². The summed E-state index contributed by atoms with van der Waals surface area (Å²) in [7, 11) is 0. The second kappa shape index (κ2) is 10.0. The number of esters is 2. The van der Waals surface area contributed by atoms with E-state index in [0.29, 0.717) is 0 Å². The summed E-state index contributed by atoms with van der Waals surface area (Å²) in [6, 6.07) is -1.56. The summed E-state index contributed by atoms with van der Waals surface area (Å²) in [6.07, 6.45) is 0. The van der Waals surface area contributed by atoms with Gasteiger partial charge in [-0.2, -0.15) is 0 Å². The fraction of sp³-hybridized carbons (Fsp3) is 0.636. The van der Waals surface area contributed by atoms with Gasteiger partial charge in [0.1, 0.15) is 5.88 Å². The smallest absolute Gasteiger partial charge is 0.340 e. The Balaban J connectivity index is 4.55. The predicted molar refractivity (Wildman–Crippen MR) is 68.9 cm³/mol. The molecule has 2 N–H and O–H groups in total. The highest BCUT2D eigenvalue weighted by atomic mass is 35.5. The van der Waals surface area contributed by atoms with E-state index in [1.54, 1.807) is 13.8 Å². The van der Waals surface area contributed by atoms with Crippen molar-refractivity contribution in [2.45, 2.75) is 19.9 Å². The summed E-state index contributed by atoms with van der Waals surface area (Å²) in [5.41, 5.74) is 0. The van der Waals surface area contributed by atoms with Crippen LogP contribution in [0.3, 0.4) is 0 Å². The Morgan fingerprint density at radius 2 is 1.50 bits per heavy atom. The van der Waals surface area contributed by atoms with Crippen LogP contribution in [0, 0.1) is 0 Å². The van der Waals surface area contributed by atoms with Crippen LogP contribution >= 0.6 is 11.6 Å². The summed E-state index contributed by atoms with van der Waals surface area (Å²) in [6.45, 7) is 2.80. The van der Waals surface area contributed by atoms with Crippen molar-refractivity contribution in [3.63, 3.8) is 0 Å². The lowest BCUT2D eigenvalue weighted by Gasteiger charge is -2.15. The Morgan fingerprint density at radius 3 is 1.90 bits per heavy atom. The lowest BCUT2D eigenvalue weighted by molar-refractivity contribution is -0.159. The minimum absolute atomic E-state index is 0.0492. The predicted octanol–water partition coefficient (Wildman–Crippen LogP) is -1.05. The van der Waals surface area contributed by atoms with Crippen LogP contribution in [-0.2, 0) is 28.7 Å². The van der Waals surface area contributed by atoms with E-state index < -0.39 is 36.3 Å². The Hall–Kier alpha value is -1.83. The van der Waals surface area contributed by atoms with Crippen molar-refractivity contribution in [3.05, 3.63) is 0 Å². The number of carbonyl (C=O) groups is 4. The van der Waals surface area contributed by atoms with E-state index >= 15 is 0 Å². The maximum atomic E-state index is 11.5. The van der Waals surface area contributed by atoms with Crippen LogP contribution < -0.4 is 10.6 Å². The van der Waals surface area contributed by atoms with Gasteiger partial charge in [0.05, 0.1) is 19.8 Å². The maximum absolute atomic E-state index is 11.5. The molecule has 114 valence electrons. The van der Waals surface area contributed by atoms with Gasteiger partial charge in [-0.1, -0.05) is 0 Å². The third kappa shape index (κ3) is 6.93. The molecular weight excluding hydrogens is 292 g/mol. The number of halogens is 1. The Morgan fingerprint density at radius 1 is 1.00 bits per heavy atom. The van der Waals surface area contributed by atoms with E-state index in [-0.39, 0.29) is 19.1 Å². The van der Waals surface area contributed by atoms with E-state index in [1.165, 1.54) is 0 Å². The van der Waals surface area contributed by atoms with E-state index in [1.807, 2.05) is 0 Å². The van der Waals surface area contributed by atoms with Gasteiger partial charge in [0, 0.05) is 0 Å². The molecule has 0 aliphatic heterocycles. The largest absolute Gasteiger partial charge is 0.464 e. The summed E-state index contributed by atoms with van der Waals surface area (Å²) in [5, 5.41) is 4.31. The van der Waals surface area contributed by atoms with Gasteiger partial charge < -0.3 is 20.1 Å². The van der Waals surface area contributed by atoms with Gasteiger partial charge in [-0.25, -0.2) is 9.59 Å². The lowest BCUT2D eigenvalue weighted by Crippen LogP contribution is -2.51. The molecule has 0 saturated carbocycles. The van der Waals surface area contributed by atoms with Gasteiger partial charge in [-0.3, -0.25) is 9.59 Å². The molecule has 0 radical (unpaired) electrons. The third-order valence-electron chi connectivity index (χ3n) is 1.92. The van der Waals surface area contributed by atoms with E-state index in [4.69, 9.17) is 11.6 Å². The van der Waals surface area contributed by atoms with Crippen LogP contribution in [-0.4, -0.2) is 55.4 Å². The molecule has 0 aromatic carbocycles. The molecule has 0 spiro atoms. The van der Waals surface area contributed by atoms with Crippen molar-refractivity contribution in [2.24, 2.45) is 0 Å². The topological polar surface area (TPSA) is 111 Å². The number of alkyl halides is 1. The number of amides is 2. The van der Waals surface area contributed by atoms with Crippen LogP contribution in [0.4, 0.5) is 0 Å². The molecule has 20 heavy (non-hydrogen) atoms. The standard InChI is InChI=1S/C11H17ClN2O6/c1-3-19-10(17)9(11(18)20-4-2)14-8(16)6-13-7(15)5-12/h9H,3-6H2,1-2H3,(H,13,15)(H,14,16). The van der Waals surface area contributed by atoms with Crippen molar-refractivity contribution in [3.8, 4) is 0 Å². The molecule has 0 heterocycles. The highest BCUT2D eigenvalue weighted by Crippen LogP contribution is 1.94. The number of hydrogen-bond donors (Lipinski definition) is 2. The molecule has 0 atom stereocenters. The van der Waals surface area contributed by atoms with Gasteiger partial charge in [0.2, 0.25) is 17.9 Å². The average Bonchev–Trinajstić information content (AvgIpc) is 2.42. The number of rotatable bonds is 8. The monoisotopic (exact) mass is 308 g/mol. The first-order valence-corrected chi connectivity index (χ1v) is 6.44. The van der Waals surface area contributed by atoms with Crippen LogP contribution in [0.15, 0.2) is 0 Å². The summed E-state index contributed by atoms with van der Waals surface area (Å²) in [4.78, 5) is 45.5.